The zero-order valence-electron chi connectivity index (χ0n) is 15.6. The van der Waals surface area contributed by atoms with Gasteiger partial charge in [-0.25, -0.2) is 0 Å². The smallest absolute Gasteiger partial charge is 0.272 e. The number of rotatable bonds is 8. The molecule has 0 aliphatic rings. The summed E-state index contributed by atoms with van der Waals surface area (Å²) < 4.78 is 16.0. The second kappa shape index (κ2) is 8.88. The molecule has 0 aliphatic heterocycles. The quantitative estimate of drug-likeness (QED) is 0.563. The summed E-state index contributed by atoms with van der Waals surface area (Å²) in [5, 5.41) is 13.6. The van der Waals surface area contributed by atoms with E-state index >= 15 is 0 Å². The number of hydrogen-bond acceptors (Lipinski definition) is 6. The number of amides is 1. The second-order valence-corrected chi connectivity index (χ2v) is 5.87. The van der Waals surface area contributed by atoms with Crippen LogP contribution in [-0.4, -0.2) is 31.2 Å². The minimum Gasteiger partial charge on any atom is -0.493 e. The van der Waals surface area contributed by atoms with Crippen molar-refractivity contribution in [3.05, 3.63) is 57.6 Å². The van der Waals surface area contributed by atoms with Gasteiger partial charge in [0.25, 0.3) is 11.6 Å². The molecule has 1 N–H and O–H groups in total. The van der Waals surface area contributed by atoms with E-state index in [1.807, 2.05) is 6.07 Å². The molecule has 0 spiro atoms. The molecule has 2 rings (SSSR count). The molecule has 1 atom stereocenters. The van der Waals surface area contributed by atoms with E-state index in [1.54, 1.807) is 40.2 Å². The van der Waals surface area contributed by atoms with E-state index in [0.717, 1.165) is 5.56 Å². The second-order valence-electron chi connectivity index (χ2n) is 5.87. The topological polar surface area (TPSA) is 99.9 Å². The molecule has 0 bridgehead atoms. The first kappa shape index (κ1) is 20.0. The van der Waals surface area contributed by atoms with Crippen LogP contribution in [0, 0.1) is 17.0 Å². The van der Waals surface area contributed by atoms with Crippen molar-refractivity contribution in [1.29, 1.82) is 0 Å². The molecule has 0 heterocycles. The largest absolute Gasteiger partial charge is 0.493 e. The number of methoxy groups -OCH3 is 2. The highest BCUT2D eigenvalue weighted by molar-refractivity contribution is 5.80. The third-order valence-electron chi connectivity index (χ3n) is 3.96. The zero-order valence-corrected chi connectivity index (χ0v) is 15.6. The molecule has 27 heavy (non-hydrogen) atoms. The van der Waals surface area contributed by atoms with Crippen LogP contribution >= 0.6 is 0 Å². The minimum atomic E-state index is -0.758. The number of nitrogens with one attached hydrogen (secondary N) is 1. The van der Waals surface area contributed by atoms with Crippen molar-refractivity contribution < 1.29 is 23.9 Å². The average Bonchev–Trinajstić information content (AvgIpc) is 2.65. The lowest BCUT2D eigenvalue weighted by Gasteiger charge is -2.15. The normalized spacial score (nSPS) is 11.4. The Bertz CT molecular complexity index is 837. The third-order valence-corrected chi connectivity index (χ3v) is 3.96. The number of nitrogens with zero attached hydrogens (tertiary/aromatic N) is 1. The molecule has 0 radical (unpaired) electrons. The first-order valence-corrected chi connectivity index (χ1v) is 8.26. The zero-order chi connectivity index (χ0) is 20.0. The molecular formula is C19H22N2O6. The number of nitro groups is 1. The van der Waals surface area contributed by atoms with Crippen LogP contribution in [0.5, 0.6) is 17.2 Å². The molecule has 0 aliphatic carbocycles. The van der Waals surface area contributed by atoms with Crippen LogP contribution in [-0.2, 0) is 11.3 Å². The summed E-state index contributed by atoms with van der Waals surface area (Å²) in [4.78, 5) is 22.7. The van der Waals surface area contributed by atoms with E-state index in [-0.39, 0.29) is 11.6 Å². The van der Waals surface area contributed by atoms with Crippen LogP contribution in [0.2, 0.25) is 0 Å². The number of nitro benzene ring substituents is 1. The SMILES string of the molecule is COc1ccc(CNC(=O)[C@@H](C)Oc2ccc([N+](=O)[O-])c(C)c2)cc1OC. The third kappa shape index (κ3) is 5.10. The van der Waals surface area contributed by atoms with E-state index in [4.69, 9.17) is 14.2 Å². The van der Waals surface area contributed by atoms with Crippen LogP contribution in [0.25, 0.3) is 0 Å². The van der Waals surface area contributed by atoms with Gasteiger partial charge in [0.2, 0.25) is 0 Å². The molecule has 2 aromatic rings. The maximum Gasteiger partial charge on any atom is 0.272 e. The first-order valence-electron chi connectivity index (χ1n) is 8.26. The molecule has 0 fully saturated rings. The van der Waals surface area contributed by atoms with Crippen molar-refractivity contribution in [2.45, 2.75) is 26.5 Å². The lowest BCUT2D eigenvalue weighted by molar-refractivity contribution is -0.385. The van der Waals surface area contributed by atoms with Gasteiger partial charge in [-0.15, -0.1) is 0 Å². The summed E-state index contributed by atoms with van der Waals surface area (Å²) in [5.74, 6) is 1.28. The highest BCUT2D eigenvalue weighted by atomic mass is 16.6. The Balaban J connectivity index is 1.96. The molecule has 144 valence electrons. The van der Waals surface area contributed by atoms with Crippen molar-refractivity contribution in [2.24, 2.45) is 0 Å². The molecular weight excluding hydrogens is 352 g/mol. The number of benzene rings is 2. The summed E-state index contributed by atoms with van der Waals surface area (Å²) >= 11 is 0. The number of aryl methyl sites for hydroxylation is 1. The van der Waals surface area contributed by atoms with Crippen LogP contribution in [0.3, 0.4) is 0 Å². The lowest BCUT2D eigenvalue weighted by atomic mass is 10.2. The van der Waals surface area contributed by atoms with Gasteiger partial charge in [0.15, 0.2) is 17.6 Å². The number of hydrogen-bond donors (Lipinski definition) is 1. The van der Waals surface area contributed by atoms with Crippen LogP contribution < -0.4 is 19.5 Å². The molecule has 1 amide bonds. The number of carbonyl (C=O) groups excluding carboxylic acids is 1. The van der Waals surface area contributed by atoms with Crippen LogP contribution in [0.15, 0.2) is 36.4 Å². The summed E-state index contributed by atoms with van der Waals surface area (Å²) in [6.45, 7) is 3.53. The molecule has 0 unspecified atom stereocenters. The van der Waals surface area contributed by atoms with Gasteiger partial charge in [-0.1, -0.05) is 6.07 Å². The number of carbonyl (C=O) groups is 1. The van der Waals surface area contributed by atoms with Crippen LogP contribution in [0.4, 0.5) is 5.69 Å². The Kier molecular flexibility index (Phi) is 6.59. The summed E-state index contributed by atoms with van der Waals surface area (Å²) in [7, 11) is 3.10. The van der Waals surface area contributed by atoms with Gasteiger partial charge < -0.3 is 19.5 Å². The lowest BCUT2D eigenvalue weighted by Crippen LogP contribution is -2.35. The molecule has 8 heteroatoms. The number of ether oxygens (including phenoxy) is 3. The Morgan fingerprint density at radius 1 is 1.15 bits per heavy atom. The van der Waals surface area contributed by atoms with Gasteiger partial charge in [-0.3, -0.25) is 14.9 Å². The van der Waals surface area contributed by atoms with Crippen molar-refractivity contribution in [1.82, 2.24) is 5.32 Å². The summed E-state index contributed by atoms with van der Waals surface area (Å²) in [6, 6.07) is 9.75. The summed E-state index contributed by atoms with van der Waals surface area (Å²) in [5.41, 5.74) is 1.32. The van der Waals surface area contributed by atoms with Crippen molar-refractivity contribution >= 4 is 11.6 Å². The van der Waals surface area contributed by atoms with Gasteiger partial charge in [0.1, 0.15) is 5.75 Å². The Labute approximate surface area is 157 Å². The van der Waals surface area contributed by atoms with Gasteiger partial charge in [-0.2, -0.15) is 0 Å². The standard InChI is InChI=1S/C19H22N2O6/c1-12-9-15(6-7-16(12)21(23)24)27-13(2)19(22)20-11-14-5-8-17(25-3)18(10-14)26-4/h5-10,13H,11H2,1-4H3,(H,20,22)/t13-/m1/s1. The van der Waals surface area contributed by atoms with Crippen molar-refractivity contribution in [3.8, 4) is 17.2 Å². The fourth-order valence-corrected chi connectivity index (χ4v) is 2.49. The van der Waals surface area contributed by atoms with Gasteiger partial charge in [-0.05, 0) is 43.7 Å². The van der Waals surface area contributed by atoms with Crippen LogP contribution in [0.1, 0.15) is 18.1 Å². The molecule has 0 saturated carbocycles. The van der Waals surface area contributed by atoms with Crippen molar-refractivity contribution in [3.63, 3.8) is 0 Å². The van der Waals surface area contributed by atoms with Gasteiger partial charge in [0, 0.05) is 18.2 Å². The molecule has 2 aromatic carbocycles. The van der Waals surface area contributed by atoms with E-state index in [0.29, 0.717) is 29.4 Å². The fourth-order valence-electron chi connectivity index (χ4n) is 2.49. The predicted molar refractivity (Wildman–Crippen MR) is 99.3 cm³/mol. The average molecular weight is 374 g/mol. The first-order chi connectivity index (χ1) is 12.8. The minimum absolute atomic E-state index is 0.00732. The van der Waals surface area contributed by atoms with Gasteiger partial charge >= 0.3 is 0 Å². The molecule has 0 aromatic heterocycles. The Hall–Kier alpha value is -3.29. The van der Waals surface area contributed by atoms with E-state index < -0.39 is 11.0 Å². The maximum atomic E-state index is 12.3. The maximum absolute atomic E-state index is 12.3. The highest BCUT2D eigenvalue weighted by Crippen LogP contribution is 2.27. The summed E-state index contributed by atoms with van der Waals surface area (Å²) in [6.07, 6.45) is -0.758. The fraction of sp³-hybridized carbons (Fsp3) is 0.316. The van der Waals surface area contributed by atoms with Gasteiger partial charge in [0.05, 0.1) is 19.1 Å². The monoisotopic (exact) mass is 374 g/mol. The highest BCUT2D eigenvalue weighted by Gasteiger charge is 2.17. The van der Waals surface area contributed by atoms with Crippen molar-refractivity contribution in [2.75, 3.05) is 14.2 Å². The molecule has 0 saturated heterocycles. The van der Waals surface area contributed by atoms with E-state index in [9.17, 15) is 14.9 Å². The predicted octanol–water partition coefficient (Wildman–Crippen LogP) is 3.00. The Morgan fingerprint density at radius 3 is 2.44 bits per heavy atom. The molecule has 8 nitrogen and oxygen atoms in total. The van der Waals surface area contributed by atoms with E-state index in [1.165, 1.54) is 18.2 Å². The Morgan fingerprint density at radius 2 is 1.85 bits per heavy atom. The van der Waals surface area contributed by atoms with E-state index in [2.05, 4.69) is 5.32 Å².